The molecule has 0 saturated heterocycles. The van der Waals surface area contributed by atoms with Crippen molar-refractivity contribution in [2.75, 3.05) is 6.61 Å². The first kappa shape index (κ1) is 11.5. The first-order valence-corrected chi connectivity index (χ1v) is 5.46. The highest BCUT2D eigenvalue weighted by Crippen LogP contribution is 2.20. The monoisotopic (exact) mass is 233 g/mol. The summed E-state index contributed by atoms with van der Waals surface area (Å²) in [5, 5.41) is 0. The molecule has 0 saturated carbocycles. The van der Waals surface area contributed by atoms with Gasteiger partial charge in [0.15, 0.2) is 0 Å². The minimum atomic E-state index is -0.248. The van der Waals surface area contributed by atoms with Crippen LogP contribution in [0.2, 0.25) is 4.34 Å². The third kappa shape index (κ3) is 3.65. The van der Waals surface area contributed by atoms with Crippen LogP contribution in [0.5, 0.6) is 0 Å². The van der Waals surface area contributed by atoms with Crippen LogP contribution in [0.15, 0.2) is 12.1 Å². The smallest absolute Gasteiger partial charge is 0.273 e. The Bertz CT molecular complexity index is 312. The number of halogens is 1. The molecule has 1 amide bonds. The molecular weight excluding hydrogens is 222 g/mol. The fraction of sp³-hybridized carbons (Fsp3) is 0.444. The van der Waals surface area contributed by atoms with Crippen LogP contribution in [0.3, 0.4) is 0 Å². The number of hydroxylamine groups is 1. The van der Waals surface area contributed by atoms with Crippen LogP contribution in [0.1, 0.15) is 23.5 Å². The molecule has 0 fully saturated rings. The maximum absolute atomic E-state index is 11.4. The average molecular weight is 234 g/mol. The van der Waals surface area contributed by atoms with Crippen molar-refractivity contribution in [2.24, 2.45) is 5.92 Å². The lowest BCUT2D eigenvalue weighted by Crippen LogP contribution is -2.24. The molecule has 0 radical (unpaired) electrons. The molecule has 78 valence electrons. The molecule has 0 aromatic carbocycles. The van der Waals surface area contributed by atoms with Crippen LogP contribution in [0.4, 0.5) is 0 Å². The first-order valence-electron chi connectivity index (χ1n) is 4.27. The molecule has 1 aromatic rings. The van der Waals surface area contributed by atoms with Gasteiger partial charge in [-0.25, -0.2) is 5.48 Å². The Labute approximate surface area is 92.0 Å². The number of thiophene rings is 1. The van der Waals surface area contributed by atoms with Crippen molar-refractivity contribution in [3.63, 3.8) is 0 Å². The summed E-state index contributed by atoms with van der Waals surface area (Å²) in [6.07, 6.45) is 0. The number of amides is 1. The van der Waals surface area contributed by atoms with Crippen molar-refractivity contribution in [1.82, 2.24) is 5.48 Å². The largest absolute Gasteiger partial charge is 0.284 e. The Morgan fingerprint density at radius 3 is 2.86 bits per heavy atom. The Morgan fingerprint density at radius 1 is 1.64 bits per heavy atom. The van der Waals surface area contributed by atoms with E-state index in [0.29, 0.717) is 21.7 Å². The second-order valence-electron chi connectivity index (χ2n) is 3.24. The Balaban J connectivity index is 2.36. The fourth-order valence-electron chi connectivity index (χ4n) is 0.761. The molecule has 1 aromatic heterocycles. The van der Waals surface area contributed by atoms with Gasteiger partial charge in [0.2, 0.25) is 0 Å². The van der Waals surface area contributed by atoms with Crippen molar-refractivity contribution >= 4 is 28.8 Å². The van der Waals surface area contributed by atoms with Gasteiger partial charge in [0, 0.05) is 0 Å². The van der Waals surface area contributed by atoms with Gasteiger partial charge in [-0.2, -0.15) is 0 Å². The number of hydrogen-bond acceptors (Lipinski definition) is 3. The van der Waals surface area contributed by atoms with E-state index in [0.717, 1.165) is 0 Å². The quantitative estimate of drug-likeness (QED) is 0.813. The first-order chi connectivity index (χ1) is 6.59. The molecule has 0 aliphatic heterocycles. The highest BCUT2D eigenvalue weighted by atomic mass is 35.5. The van der Waals surface area contributed by atoms with E-state index >= 15 is 0 Å². The zero-order valence-electron chi connectivity index (χ0n) is 8.04. The summed E-state index contributed by atoms with van der Waals surface area (Å²) >= 11 is 6.91. The van der Waals surface area contributed by atoms with Crippen LogP contribution in [0, 0.1) is 5.92 Å². The predicted octanol–water partition coefficient (Wildman–Crippen LogP) is 2.72. The van der Waals surface area contributed by atoms with Crippen molar-refractivity contribution in [3.8, 4) is 0 Å². The number of carbonyl (C=O) groups excluding carboxylic acids is 1. The summed E-state index contributed by atoms with van der Waals surface area (Å²) in [7, 11) is 0. The molecular formula is C9H12ClNO2S. The average Bonchev–Trinajstić information content (AvgIpc) is 2.51. The summed E-state index contributed by atoms with van der Waals surface area (Å²) in [5.41, 5.74) is 2.36. The van der Waals surface area contributed by atoms with Gasteiger partial charge < -0.3 is 0 Å². The van der Waals surface area contributed by atoms with E-state index in [1.165, 1.54) is 11.3 Å². The van der Waals surface area contributed by atoms with Crippen LogP contribution in [-0.4, -0.2) is 12.5 Å². The van der Waals surface area contributed by atoms with Gasteiger partial charge in [-0.3, -0.25) is 9.63 Å². The number of carbonyl (C=O) groups is 1. The van der Waals surface area contributed by atoms with Gasteiger partial charge in [0.25, 0.3) is 5.91 Å². The molecule has 0 bridgehead atoms. The molecule has 0 aliphatic rings. The van der Waals surface area contributed by atoms with E-state index in [9.17, 15) is 4.79 Å². The Morgan fingerprint density at radius 2 is 2.36 bits per heavy atom. The molecule has 0 spiro atoms. The van der Waals surface area contributed by atoms with Gasteiger partial charge in [-0.15, -0.1) is 11.3 Å². The van der Waals surface area contributed by atoms with E-state index in [2.05, 4.69) is 5.48 Å². The van der Waals surface area contributed by atoms with Crippen molar-refractivity contribution < 1.29 is 9.63 Å². The van der Waals surface area contributed by atoms with Gasteiger partial charge >= 0.3 is 0 Å². The van der Waals surface area contributed by atoms with Crippen molar-refractivity contribution in [3.05, 3.63) is 21.3 Å². The highest BCUT2D eigenvalue weighted by Gasteiger charge is 2.08. The van der Waals surface area contributed by atoms with E-state index in [1.54, 1.807) is 12.1 Å². The standard InChI is InChI=1S/C9H12ClNO2S/c1-6(2)5-13-11-9(12)7-3-4-8(10)14-7/h3-4,6H,5H2,1-2H3,(H,11,12). The summed E-state index contributed by atoms with van der Waals surface area (Å²) < 4.78 is 0.596. The maximum atomic E-state index is 11.4. The number of nitrogens with one attached hydrogen (secondary N) is 1. The predicted molar refractivity (Wildman–Crippen MR) is 57.6 cm³/mol. The number of rotatable bonds is 4. The van der Waals surface area contributed by atoms with Gasteiger partial charge in [0.1, 0.15) is 0 Å². The minimum Gasteiger partial charge on any atom is -0.273 e. The molecule has 0 aliphatic carbocycles. The molecule has 0 unspecified atom stereocenters. The van der Waals surface area contributed by atoms with E-state index in [1.807, 2.05) is 13.8 Å². The molecule has 1 N–H and O–H groups in total. The zero-order valence-corrected chi connectivity index (χ0v) is 9.61. The summed E-state index contributed by atoms with van der Waals surface area (Å²) in [4.78, 5) is 16.9. The second-order valence-corrected chi connectivity index (χ2v) is 4.95. The fourth-order valence-corrected chi connectivity index (χ4v) is 1.69. The summed E-state index contributed by atoms with van der Waals surface area (Å²) in [6, 6.07) is 3.35. The second kappa shape index (κ2) is 5.34. The van der Waals surface area contributed by atoms with Crippen LogP contribution >= 0.6 is 22.9 Å². The Hall–Kier alpha value is -0.580. The van der Waals surface area contributed by atoms with Crippen LogP contribution in [0.25, 0.3) is 0 Å². The maximum Gasteiger partial charge on any atom is 0.284 e. The molecule has 14 heavy (non-hydrogen) atoms. The van der Waals surface area contributed by atoms with Gasteiger partial charge in [-0.1, -0.05) is 25.4 Å². The lowest BCUT2D eigenvalue weighted by atomic mass is 10.2. The van der Waals surface area contributed by atoms with Crippen LogP contribution in [-0.2, 0) is 4.84 Å². The third-order valence-electron chi connectivity index (χ3n) is 1.38. The van der Waals surface area contributed by atoms with Crippen LogP contribution < -0.4 is 5.48 Å². The third-order valence-corrected chi connectivity index (χ3v) is 2.61. The lowest BCUT2D eigenvalue weighted by molar-refractivity contribution is 0.0212. The SMILES string of the molecule is CC(C)CONC(=O)c1ccc(Cl)s1. The molecule has 0 atom stereocenters. The molecule has 1 rings (SSSR count). The lowest BCUT2D eigenvalue weighted by Gasteiger charge is -2.06. The highest BCUT2D eigenvalue weighted by molar-refractivity contribution is 7.17. The van der Waals surface area contributed by atoms with Crippen molar-refractivity contribution in [2.45, 2.75) is 13.8 Å². The summed E-state index contributed by atoms with van der Waals surface area (Å²) in [5.74, 6) is 0.143. The van der Waals surface area contributed by atoms with Crippen molar-refractivity contribution in [1.29, 1.82) is 0 Å². The topological polar surface area (TPSA) is 38.3 Å². The minimum absolute atomic E-state index is 0.248. The van der Waals surface area contributed by atoms with E-state index in [4.69, 9.17) is 16.4 Å². The van der Waals surface area contributed by atoms with E-state index in [-0.39, 0.29) is 5.91 Å². The zero-order chi connectivity index (χ0) is 10.6. The molecule has 5 heteroatoms. The Kier molecular flexibility index (Phi) is 4.38. The normalized spacial score (nSPS) is 10.6. The summed E-state index contributed by atoms with van der Waals surface area (Å²) in [6.45, 7) is 4.52. The molecule has 1 heterocycles. The molecule has 3 nitrogen and oxygen atoms in total. The number of hydrogen-bond donors (Lipinski definition) is 1. The van der Waals surface area contributed by atoms with E-state index < -0.39 is 0 Å². The van der Waals surface area contributed by atoms with Gasteiger partial charge in [0.05, 0.1) is 15.8 Å². The van der Waals surface area contributed by atoms with Gasteiger partial charge in [-0.05, 0) is 18.1 Å².